The van der Waals surface area contributed by atoms with Gasteiger partial charge in [-0.2, -0.15) is 0 Å². The lowest BCUT2D eigenvalue weighted by molar-refractivity contribution is 0.375. The van der Waals surface area contributed by atoms with Gasteiger partial charge in [-0.25, -0.2) is 0 Å². The lowest BCUT2D eigenvalue weighted by atomic mass is 9.92. The zero-order chi connectivity index (χ0) is 15.4. The summed E-state index contributed by atoms with van der Waals surface area (Å²) in [4.78, 5) is 4.31. The van der Waals surface area contributed by atoms with Crippen LogP contribution < -0.4 is 0 Å². The van der Waals surface area contributed by atoms with Gasteiger partial charge >= 0.3 is 0 Å². The standard InChI is InChI=1S/C21H17N2/c1-22-11-12-23(14-22)13-18-8-7-17-6-5-15-3-2-4-16-9-10-19(18)21(17)20(15)16/h2-12,14H,13H2,1H3. The monoisotopic (exact) mass is 297 g/mol. The number of hydrogen-bond donors (Lipinski definition) is 0. The molecule has 2 heteroatoms. The van der Waals surface area contributed by atoms with Crippen LogP contribution in [0.3, 0.4) is 0 Å². The van der Waals surface area contributed by atoms with E-state index in [0.29, 0.717) is 0 Å². The van der Waals surface area contributed by atoms with Gasteiger partial charge in [0.25, 0.3) is 0 Å². The third-order valence-corrected chi connectivity index (χ3v) is 4.80. The van der Waals surface area contributed by atoms with Crippen LogP contribution in [0.2, 0.25) is 0 Å². The maximum atomic E-state index is 2.28. The van der Waals surface area contributed by atoms with Gasteiger partial charge in [0, 0.05) is 26.0 Å². The molecule has 0 spiro atoms. The predicted molar refractivity (Wildman–Crippen MR) is 96.9 cm³/mol. The van der Waals surface area contributed by atoms with Gasteiger partial charge in [0.1, 0.15) is 6.67 Å². The molecule has 0 aliphatic carbocycles. The fraction of sp³-hybridized carbons (Fsp3) is 0.0952. The molecule has 1 aliphatic heterocycles. The largest absolute Gasteiger partial charge is 0.356 e. The van der Waals surface area contributed by atoms with Crippen molar-refractivity contribution in [2.45, 2.75) is 6.54 Å². The van der Waals surface area contributed by atoms with Crippen molar-refractivity contribution in [3.8, 4) is 0 Å². The van der Waals surface area contributed by atoms with Crippen molar-refractivity contribution >= 4 is 32.3 Å². The molecule has 111 valence electrons. The summed E-state index contributed by atoms with van der Waals surface area (Å²) < 4.78 is 0. The van der Waals surface area contributed by atoms with Gasteiger partial charge < -0.3 is 9.80 Å². The van der Waals surface area contributed by atoms with E-state index in [2.05, 4.69) is 90.5 Å². The van der Waals surface area contributed by atoms with E-state index in [1.807, 2.05) is 0 Å². The van der Waals surface area contributed by atoms with E-state index < -0.39 is 0 Å². The minimum Gasteiger partial charge on any atom is -0.356 e. The van der Waals surface area contributed by atoms with Crippen LogP contribution in [0.1, 0.15) is 5.56 Å². The first-order valence-corrected chi connectivity index (χ1v) is 7.96. The zero-order valence-corrected chi connectivity index (χ0v) is 13.0. The van der Waals surface area contributed by atoms with Crippen LogP contribution in [0.15, 0.2) is 67.0 Å². The Bertz CT molecular complexity index is 1030. The Balaban J connectivity index is 1.76. The van der Waals surface area contributed by atoms with E-state index in [1.165, 1.54) is 37.9 Å². The molecule has 0 atom stereocenters. The van der Waals surface area contributed by atoms with E-state index in [9.17, 15) is 0 Å². The molecule has 4 aromatic carbocycles. The summed E-state index contributed by atoms with van der Waals surface area (Å²) in [6.45, 7) is 3.02. The van der Waals surface area contributed by atoms with E-state index in [1.54, 1.807) is 0 Å². The number of hydrogen-bond acceptors (Lipinski definition) is 2. The van der Waals surface area contributed by atoms with Crippen molar-refractivity contribution in [3.63, 3.8) is 0 Å². The van der Waals surface area contributed by atoms with Gasteiger partial charge in [-0.3, -0.25) is 0 Å². The minimum absolute atomic E-state index is 0.898. The number of nitrogens with zero attached hydrogens (tertiary/aromatic N) is 2. The fourth-order valence-electron chi connectivity index (χ4n) is 3.73. The summed E-state index contributed by atoms with van der Waals surface area (Å²) in [6, 6.07) is 20.1. The first kappa shape index (κ1) is 12.8. The first-order chi connectivity index (χ1) is 11.3. The molecule has 0 saturated carbocycles. The maximum Gasteiger partial charge on any atom is 0.141 e. The fourth-order valence-corrected chi connectivity index (χ4v) is 3.73. The van der Waals surface area contributed by atoms with Crippen LogP contribution in [0.4, 0.5) is 0 Å². The highest BCUT2D eigenvalue weighted by Crippen LogP contribution is 2.36. The summed E-state index contributed by atoms with van der Waals surface area (Å²) in [5, 5.41) is 8.13. The predicted octanol–water partition coefficient (Wildman–Crippen LogP) is 4.92. The lowest BCUT2D eigenvalue weighted by Crippen LogP contribution is -2.16. The summed E-state index contributed by atoms with van der Waals surface area (Å²) in [5.74, 6) is 0. The minimum atomic E-state index is 0.898. The van der Waals surface area contributed by atoms with E-state index >= 15 is 0 Å². The van der Waals surface area contributed by atoms with Crippen molar-refractivity contribution < 1.29 is 0 Å². The molecule has 0 bridgehead atoms. The van der Waals surface area contributed by atoms with Crippen LogP contribution in [0.5, 0.6) is 0 Å². The van der Waals surface area contributed by atoms with E-state index in [4.69, 9.17) is 0 Å². The highest BCUT2D eigenvalue weighted by Gasteiger charge is 2.14. The van der Waals surface area contributed by atoms with E-state index in [-0.39, 0.29) is 0 Å². The van der Waals surface area contributed by atoms with Crippen LogP contribution in [0, 0.1) is 6.67 Å². The van der Waals surface area contributed by atoms with Crippen LogP contribution in [0.25, 0.3) is 32.3 Å². The normalized spacial score (nSPS) is 14.8. The Hall–Kier alpha value is -2.74. The molecule has 0 aromatic heterocycles. The average Bonchev–Trinajstić information content (AvgIpc) is 2.99. The van der Waals surface area contributed by atoms with Gasteiger partial charge in [-0.15, -0.1) is 0 Å². The Labute approximate surface area is 135 Å². The molecule has 0 fully saturated rings. The molecule has 1 heterocycles. The molecule has 4 aromatic rings. The molecule has 5 rings (SSSR count). The maximum absolute atomic E-state index is 2.28. The van der Waals surface area contributed by atoms with Crippen LogP contribution >= 0.6 is 0 Å². The Morgan fingerprint density at radius 1 is 0.739 bits per heavy atom. The smallest absolute Gasteiger partial charge is 0.141 e. The Morgan fingerprint density at radius 2 is 1.43 bits per heavy atom. The summed E-state index contributed by atoms with van der Waals surface area (Å²) >= 11 is 0. The molecule has 0 N–H and O–H groups in total. The zero-order valence-electron chi connectivity index (χ0n) is 13.0. The topological polar surface area (TPSA) is 6.48 Å². The van der Waals surface area contributed by atoms with Crippen molar-refractivity contribution in [3.05, 3.63) is 79.2 Å². The molecule has 0 saturated heterocycles. The Morgan fingerprint density at radius 3 is 2.17 bits per heavy atom. The lowest BCUT2D eigenvalue weighted by Gasteiger charge is -2.19. The van der Waals surface area contributed by atoms with Crippen LogP contribution in [-0.4, -0.2) is 16.8 Å². The second-order valence-corrected chi connectivity index (χ2v) is 6.33. The number of rotatable bonds is 2. The summed E-state index contributed by atoms with van der Waals surface area (Å²) in [5.41, 5.74) is 1.37. The third kappa shape index (κ3) is 1.88. The highest BCUT2D eigenvalue weighted by molar-refractivity contribution is 6.23. The van der Waals surface area contributed by atoms with Gasteiger partial charge in [0.05, 0.1) is 0 Å². The highest BCUT2D eigenvalue weighted by atomic mass is 15.3. The average molecular weight is 297 g/mol. The first-order valence-electron chi connectivity index (χ1n) is 7.96. The van der Waals surface area contributed by atoms with Crippen LogP contribution in [-0.2, 0) is 6.54 Å². The molecule has 1 aliphatic rings. The van der Waals surface area contributed by atoms with Crippen molar-refractivity contribution in [1.82, 2.24) is 9.80 Å². The Kier molecular flexibility index (Phi) is 2.57. The SMILES string of the molecule is CN1[CH]N(Cc2ccc3ccc4cccc5ccc2c3c45)C=C1. The molecule has 2 nitrogen and oxygen atoms in total. The molecular weight excluding hydrogens is 280 g/mol. The summed E-state index contributed by atoms with van der Waals surface area (Å²) in [7, 11) is 2.06. The van der Waals surface area contributed by atoms with E-state index in [0.717, 1.165) is 6.54 Å². The summed E-state index contributed by atoms with van der Waals surface area (Å²) in [6.07, 6.45) is 4.20. The number of benzene rings is 4. The van der Waals surface area contributed by atoms with Crippen molar-refractivity contribution in [1.29, 1.82) is 0 Å². The molecule has 0 unspecified atom stereocenters. The molecular formula is C21H17N2. The second kappa shape index (κ2) is 4.63. The van der Waals surface area contributed by atoms with Crippen molar-refractivity contribution in [2.75, 3.05) is 7.05 Å². The second-order valence-electron chi connectivity index (χ2n) is 6.33. The van der Waals surface area contributed by atoms with Gasteiger partial charge in [-0.05, 0) is 37.9 Å². The molecule has 0 amide bonds. The van der Waals surface area contributed by atoms with Gasteiger partial charge in [-0.1, -0.05) is 54.6 Å². The third-order valence-electron chi connectivity index (χ3n) is 4.80. The van der Waals surface area contributed by atoms with Gasteiger partial charge in [0.2, 0.25) is 0 Å². The quantitative estimate of drug-likeness (QED) is 0.484. The van der Waals surface area contributed by atoms with Crippen molar-refractivity contribution in [2.24, 2.45) is 0 Å². The molecule has 1 radical (unpaired) electrons. The molecule has 23 heavy (non-hydrogen) atoms. The van der Waals surface area contributed by atoms with Gasteiger partial charge in [0.15, 0.2) is 0 Å².